The zero-order chi connectivity index (χ0) is 17.6. The Labute approximate surface area is 150 Å². The summed E-state index contributed by atoms with van der Waals surface area (Å²) in [7, 11) is 1.81. The summed E-state index contributed by atoms with van der Waals surface area (Å²) < 4.78 is 1.64. The molecule has 1 aliphatic carbocycles. The van der Waals surface area contributed by atoms with Crippen molar-refractivity contribution in [1.82, 2.24) is 20.0 Å². The van der Waals surface area contributed by atoms with Gasteiger partial charge in [0.05, 0.1) is 17.9 Å². The number of hydrogen-bond donors (Lipinski definition) is 2. The van der Waals surface area contributed by atoms with Gasteiger partial charge in [-0.1, -0.05) is 19.3 Å². The minimum atomic E-state index is -0.165. The Hall–Kier alpha value is -1.40. The Morgan fingerprint density at radius 3 is 2.64 bits per heavy atom. The van der Waals surface area contributed by atoms with Crippen LogP contribution < -0.4 is 5.32 Å². The first-order valence-corrected chi connectivity index (χ1v) is 9.79. The van der Waals surface area contributed by atoms with E-state index in [9.17, 15) is 9.90 Å². The molecular weight excluding hydrogens is 316 g/mol. The molecule has 6 nitrogen and oxygen atoms in total. The monoisotopic (exact) mass is 348 g/mol. The largest absolute Gasteiger partial charge is 0.392 e. The number of β-amino-alcohol motifs (C(OH)–C–C–N with tert-alkyl or cyclic N) is 1. The summed E-state index contributed by atoms with van der Waals surface area (Å²) in [5.41, 5.74) is 0.621. The topological polar surface area (TPSA) is 70.4 Å². The summed E-state index contributed by atoms with van der Waals surface area (Å²) in [5, 5.41) is 17.6. The van der Waals surface area contributed by atoms with Gasteiger partial charge in [0, 0.05) is 26.3 Å². The van der Waals surface area contributed by atoms with E-state index in [1.807, 2.05) is 7.05 Å². The van der Waals surface area contributed by atoms with Crippen LogP contribution in [0.4, 0.5) is 0 Å². The number of carbonyl (C=O) groups is 1. The molecule has 2 heterocycles. The second kappa shape index (κ2) is 8.81. The molecule has 1 aromatic rings. The van der Waals surface area contributed by atoms with Gasteiger partial charge in [-0.2, -0.15) is 5.10 Å². The van der Waals surface area contributed by atoms with Crippen molar-refractivity contribution in [3.63, 3.8) is 0 Å². The molecule has 140 valence electrons. The van der Waals surface area contributed by atoms with Gasteiger partial charge in [0.1, 0.15) is 0 Å². The molecule has 1 saturated heterocycles. The number of piperidine rings is 1. The lowest BCUT2D eigenvalue weighted by atomic mass is 9.85. The van der Waals surface area contributed by atoms with E-state index in [1.165, 1.54) is 32.1 Å². The van der Waals surface area contributed by atoms with Crippen LogP contribution in [-0.4, -0.2) is 58.0 Å². The Balaban J connectivity index is 1.35. The highest BCUT2D eigenvalue weighted by molar-refractivity contribution is 5.93. The third kappa shape index (κ3) is 5.28. The highest BCUT2D eigenvalue weighted by atomic mass is 16.3. The number of amides is 1. The zero-order valence-electron chi connectivity index (χ0n) is 15.4. The summed E-state index contributed by atoms with van der Waals surface area (Å²) in [4.78, 5) is 14.5. The zero-order valence-corrected chi connectivity index (χ0v) is 15.4. The molecule has 1 amide bonds. The molecule has 25 heavy (non-hydrogen) atoms. The molecule has 2 N–H and O–H groups in total. The predicted molar refractivity (Wildman–Crippen MR) is 97.3 cm³/mol. The lowest BCUT2D eigenvalue weighted by Crippen LogP contribution is -2.43. The third-order valence-corrected chi connectivity index (χ3v) is 5.86. The highest BCUT2D eigenvalue weighted by Crippen LogP contribution is 2.27. The maximum atomic E-state index is 12.1. The van der Waals surface area contributed by atoms with E-state index in [1.54, 1.807) is 17.1 Å². The van der Waals surface area contributed by atoms with E-state index in [0.29, 0.717) is 17.4 Å². The van der Waals surface area contributed by atoms with Crippen molar-refractivity contribution in [2.45, 2.75) is 51.0 Å². The number of aromatic nitrogens is 2. The average molecular weight is 348 g/mol. The molecule has 0 unspecified atom stereocenters. The number of carbonyl (C=O) groups excluding carboxylic acids is 1. The number of hydrogen-bond acceptors (Lipinski definition) is 4. The Morgan fingerprint density at radius 2 is 2.00 bits per heavy atom. The number of nitrogens with zero attached hydrogens (tertiary/aromatic N) is 3. The number of nitrogens with one attached hydrogen (secondary N) is 1. The van der Waals surface area contributed by atoms with Crippen molar-refractivity contribution < 1.29 is 9.90 Å². The van der Waals surface area contributed by atoms with Gasteiger partial charge in [-0.15, -0.1) is 0 Å². The molecule has 0 aromatic carbocycles. The molecule has 0 radical (unpaired) electrons. The molecule has 0 spiro atoms. The van der Waals surface area contributed by atoms with Crippen LogP contribution in [0.5, 0.6) is 0 Å². The van der Waals surface area contributed by atoms with E-state index < -0.39 is 0 Å². The Kier molecular flexibility index (Phi) is 6.48. The van der Waals surface area contributed by atoms with Gasteiger partial charge in [0.2, 0.25) is 0 Å². The molecule has 1 atom stereocenters. The fourth-order valence-corrected chi connectivity index (χ4v) is 4.18. The number of rotatable bonds is 6. The smallest absolute Gasteiger partial charge is 0.254 e. The van der Waals surface area contributed by atoms with Gasteiger partial charge >= 0.3 is 0 Å². The molecular formula is C19H32N4O2. The van der Waals surface area contributed by atoms with Crippen LogP contribution >= 0.6 is 0 Å². The second-order valence-corrected chi connectivity index (χ2v) is 7.82. The van der Waals surface area contributed by atoms with Gasteiger partial charge in [0.15, 0.2) is 0 Å². The SMILES string of the molecule is Cn1cc(C(=O)NCC2CCN(C[C@H](O)C3CCCCC3)CC2)cn1. The third-order valence-electron chi connectivity index (χ3n) is 5.86. The summed E-state index contributed by atoms with van der Waals surface area (Å²) in [6.07, 6.45) is 11.6. The van der Waals surface area contributed by atoms with Crippen molar-refractivity contribution in [2.24, 2.45) is 18.9 Å². The van der Waals surface area contributed by atoms with E-state index in [4.69, 9.17) is 0 Å². The molecule has 1 aromatic heterocycles. The van der Waals surface area contributed by atoms with Gasteiger partial charge in [0.25, 0.3) is 5.91 Å². The van der Waals surface area contributed by atoms with Gasteiger partial charge in [-0.25, -0.2) is 0 Å². The summed E-state index contributed by atoms with van der Waals surface area (Å²) in [5.74, 6) is 0.997. The Bertz CT molecular complexity index is 545. The van der Waals surface area contributed by atoms with E-state index in [2.05, 4.69) is 15.3 Å². The molecule has 2 fully saturated rings. The van der Waals surface area contributed by atoms with Crippen LogP contribution in [0.1, 0.15) is 55.3 Å². The van der Waals surface area contributed by atoms with Crippen LogP contribution in [-0.2, 0) is 7.05 Å². The van der Waals surface area contributed by atoms with Crippen molar-refractivity contribution in [1.29, 1.82) is 0 Å². The summed E-state index contributed by atoms with van der Waals surface area (Å²) in [6.45, 7) is 3.60. The van der Waals surface area contributed by atoms with Crippen molar-refractivity contribution in [3.05, 3.63) is 18.0 Å². The first-order chi connectivity index (χ1) is 12.1. The minimum Gasteiger partial charge on any atom is -0.392 e. The van der Waals surface area contributed by atoms with E-state index in [0.717, 1.165) is 39.0 Å². The van der Waals surface area contributed by atoms with Crippen LogP contribution in [0.3, 0.4) is 0 Å². The van der Waals surface area contributed by atoms with Crippen LogP contribution in [0, 0.1) is 11.8 Å². The van der Waals surface area contributed by atoms with Crippen molar-refractivity contribution in [3.8, 4) is 0 Å². The standard InChI is InChI=1S/C19H32N4O2/c1-22-13-17(12-21-22)19(25)20-11-15-7-9-23(10-8-15)14-18(24)16-5-3-2-4-6-16/h12-13,15-16,18,24H,2-11,14H2,1H3,(H,20,25)/t18-/m0/s1. The van der Waals surface area contributed by atoms with E-state index >= 15 is 0 Å². The Morgan fingerprint density at radius 1 is 1.28 bits per heavy atom. The first kappa shape index (κ1) is 18.4. The number of aliphatic hydroxyl groups is 1. The molecule has 3 rings (SSSR count). The predicted octanol–water partition coefficient (Wildman–Crippen LogP) is 1.80. The molecule has 0 bridgehead atoms. The van der Waals surface area contributed by atoms with Crippen LogP contribution in [0.15, 0.2) is 12.4 Å². The molecule has 1 saturated carbocycles. The number of likely N-dealkylation sites (tertiary alicyclic amines) is 1. The fourth-order valence-electron chi connectivity index (χ4n) is 4.18. The van der Waals surface area contributed by atoms with E-state index in [-0.39, 0.29) is 12.0 Å². The molecule has 2 aliphatic rings. The quantitative estimate of drug-likeness (QED) is 0.822. The minimum absolute atomic E-state index is 0.0387. The van der Waals surface area contributed by atoms with Gasteiger partial charge in [-0.3, -0.25) is 9.48 Å². The average Bonchev–Trinajstić information content (AvgIpc) is 3.08. The lowest BCUT2D eigenvalue weighted by molar-refractivity contribution is 0.0364. The second-order valence-electron chi connectivity index (χ2n) is 7.82. The van der Waals surface area contributed by atoms with Gasteiger partial charge in [-0.05, 0) is 50.6 Å². The fraction of sp³-hybridized carbons (Fsp3) is 0.789. The maximum Gasteiger partial charge on any atom is 0.254 e. The molecule has 1 aliphatic heterocycles. The number of aliphatic hydroxyl groups excluding tert-OH is 1. The maximum absolute atomic E-state index is 12.1. The van der Waals surface area contributed by atoms with Crippen molar-refractivity contribution >= 4 is 5.91 Å². The highest BCUT2D eigenvalue weighted by Gasteiger charge is 2.26. The lowest BCUT2D eigenvalue weighted by Gasteiger charge is -2.35. The van der Waals surface area contributed by atoms with Crippen molar-refractivity contribution in [2.75, 3.05) is 26.2 Å². The van der Waals surface area contributed by atoms with Crippen LogP contribution in [0.2, 0.25) is 0 Å². The van der Waals surface area contributed by atoms with Crippen LogP contribution in [0.25, 0.3) is 0 Å². The number of aryl methyl sites for hydroxylation is 1. The summed E-state index contributed by atoms with van der Waals surface area (Å²) in [6, 6.07) is 0. The first-order valence-electron chi connectivity index (χ1n) is 9.79. The van der Waals surface area contributed by atoms with Gasteiger partial charge < -0.3 is 15.3 Å². The molecule has 6 heteroatoms. The normalized spacial score (nSPS) is 22.0. The summed E-state index contributed by atoms with van der Waals surface area (Å²) >= 11 is 0.